The van der Waals surface area contributed by atoms with Gasteiger partial charge < -0.3 is 23.8 Å². The van der Waals surface area contributed by atoms with Gasteiger partial charge in [0.15, 0.2) is 5.03 Å². The maximum atomic E-state index is 13.7. The number of pyridine rings is 1. The molecule has 0 bridgehead atoms. The van der Waals surface area contributed by atoms with E-state index in [9.17, 15) is 18.0 Å². The summed E-state index contributed by atoms with van der Waals surface area (Å²) in [5.41, 5.74) is 0.807. The Hall–Kier alpha value is -4.30. The molecule has 0 unspecified atom stereocenters. The van der Waals surface area contributed by atoms with Crippen molar-refractivity contribution in [1.29, 1.82) is 0 Å². The molecule has 38 heavy (non-hydrogen) atoms. The maximum Gasteiger partial charge on any atom is 0.394 e. The van der Waals surface area contributed by atoms with Gasteiger partial charge in [-0.3, -0.25) is 4.79 Å². The molecule has 2 N–H and O–H groups in total. The van der Waals surface area contributed by atoms with Crippen molar-refractivity contribution in [2.45, 2.75) is 36.7 Å². The third-order valence-corrected chi connectivity index (χ3v) is 6.52. The van der Waals surface area contributed by atoms with Crippen molar-refractivity contribution < 1.29 is 41.8 Å². The van der Waals surface area contributed by atoms with E-state index in [0.29, 0.717) is 5.75 Å². The molecule has 14 heteroatoms. The van der Waals surface area contributed by atoms with E-state index in [4.69, 9.17) is 24.8 Å². The summed E-state index contributed by atoms with van der Waals surface area (Å²) in [6, 6.07) is 9.19. The Labute approximate surface area is 218 Å². The van der Waals surface area contributed by atoms with Crippen molar-refractivity contribution in [3.63, 3.8) is 0 Å². The van der Waals surface area contributed by atoms with Crippen molar-refractivity contribution in [2.75, 3.05) is 20.3 Å². The first-order valence-corrected chi connectivity index (χ1v) is 12.7. The fourth-order valence-corrected chi connectivity index (χ4v) is 4.24. The third kappa shape index (κ3) is 6.72. The summed E-state index contributed by atoms with van der Waals surface area (Å²) in [5, 5.41) is -1.10. The molecule has 0 saturated heterocycles. The average molecular weight is 547 g/mol. The number of carbonyl (C=O) groups is 2. The number of nitrogens with zero attached hydrogens (tertiary/aromatic N) is 3. The van der Waals surface area contributed by atoms with Gasteiger partial charge in [0.05, 0.1) is 7.11 Å². The van der Waals surface area contributed by atoms with Crippen LogP contribution in [0.3, 0.4) is 0 Å². The second kappa shape index (κ2) is 12.3. The van der Waals surface area contributed by atoms with Crippen molar-refractivity contribution in [1.82, 2.24) is 15.0 Å². The molecule has 2 heterocycles. The summed E-state index contributed by atoms with van der Waals surface area (Å²) >= 11 is 0. The molecular weight excluding hydrogens is 520 g/mol. The number of nitrogens with two attached hydrogens (primary N) is 1. The normalized spacial score (nSPS) is 11.1. The Morgan fingerprint density at radius 2 is 1.79 bits per heavy atom. The van der Waals surface area contributed by atoms with Crippen LogP contribution in [0.5, 0.6) is 23.1 Å². The first-order chi connectivity index (χ1) is 18.1. The number of ether oxygens (including phenoxy) is 4. The SMILES string of the molecule is COc1cccc(Oc2c(OCCOC(C)=O)nc(C(=O)ON)nc2S(=O)(=O)c2ccc(C(C)C)cn2)c1. The number of sulfone groups is 1. The van der Waals surface area contributed by atoms with Gasteiger partial charge in [-0.1, -0.05) is 26.0 Å². The molecule has 2 aromatic heterocycles. The molecule has 13 nitrogen and oxygen atoms in total. The Morgan fingerprint density at radius 1 is 1.05 bits per heavy atom. The van der Waals surface area contributed by atoms with Crippen LogP contribution in [0, 0.1) is 0 Å². The van der Waals surface area contributed by atoms with E-state index < -0.39 is 44.3 Å². The third-order valence-electron chi connectivity index (χ3n) is 4.94. The molecule has 0 fully saturated rings. The number of rotatable bonds is 11. The molecule has 3 rings (SSSR count). The number of methoxy groups -OCH3 is 1. The minimum absolute atomic E-state index is 0.105. The Bertz CT molecular complexity index is 1410. The zero-order chi connectivity index (χ0) is 27.9. The van der Waals surface area contributed by atoms with Crippen LogP contribution in [0.15, 0.2) is 52.6 Å². The van der Waals surface area contributed by atoms with Crippen LogP contribution >= 0.6 is 0 Å². The van der Waals surface area contributed by atoms with E-state index in [1.54, 1.807) is 18.2 Å². The van der Waals surface area contributed by atoms with Crippen LogP contribution in [0.1, 0.15) is 42.9 Å². The highest BCUT2D eigenvalue weighted by Gasteiger charge is 2.33. The number of hydrogen-bond donors (Lipinski definition) is 1. The van der Waals surface area contributed by atoms with Crippen LogP contribution in [0.2, 0.25) is 0 Å². The molecule has 0 atom stereocenters. The lowest BCUT2D eigenvalue weighted by Gasteiger charge is -2.16. The van der Waals surface area contributed by atoms with Gasteiger partial charge in [0.2, 0.25) is 26.4 Å². The van der Waals surface area contributed by atoms with Gasteiger partial charge >= 0.3 is 11.9 Å². The maximum absolute atomic E-state index is 13.7. The standard InChI is InChI=1S/C24H26N4O9S/c1-14(2)16-8-9-19(26-13-16)38(31,32)23-20(36-18-7-5-6-17(12-18)33-4)22(35-11-10-34-15(3)29)27-21(28-23)24(30)37-25/h5-9,12-14H,10-11,25H2,1-4H3. The average Bonchev–Trinajstić information content (AvgIpc) is 2.91. The minimum atomic E-state index is -4.51. The van der Waals surface area contributed by atoms with E-state index in [-0.39, 0.29) is 29.9 Å². The summed E-state index contributed by atoms with van der Waals surface area (Å²) in [7, 11) is -3.07. The number of carbonyl (C=O) groups excluding carboxylic acids is 2. The van der Waals surface area contributed by atoms with Crippen molar-refractivity contribution >= 4 is 21.8 Å². The highest BCUT2D eigenvalue weighted by Crippen LogP contribution is 2.38. The van der Waals surface area contributed by atoms with Gasteiger partial charge in [-0.15, -0.1) is 0 Å². The quantitative estimate of drug-likeness (QED) is 0.161. The van der Waals surface area contributed by atoms with Crippen LogP contribution in [0.4, 0.5) is 0 Å². The summed E-state index contributed by atoms with van der Waals surface area (Å²) < 4.78 is 48.9. The van der Waals surface area contributed by atoms with Gasteiger partial charge in [-0.05, 0) is 29.7 Å². The molecular formula is C24H26N4O9S. The monoisotopic (exact) mass is 546 g/mol. The highest BCUT2D eigenvalue weighted by molar-refractivity contribution is 7.91. The van der Waals surface area contributed by atoms with Crippen molar-refractivity contribution in [2.24, 2.45) is 5.90 Å². The van der Waals surface area contributed by atoms with E-state index >= 15 is 0 Å². The molecule has 3 aromatic rings. The summed E-state index contributed by atoms with van der Waals surface area (Å²) in [6.07, 6.45) is 1.42. The topological polar surface area (TPSA) is 179 Å². The van der Waals surface area contributed by atoms with Gasteiger partial charge in [-0.25, -0.2) is 23.2 Å². The molecule has 0 aliphatic rings. The number of hydrogen-bond acceptors (Lipinski definition) is 13. The summed E-state index contributed by atoms with van der Waals surface area (Å²) in [5.74, 6) is 2.23. The molecule has 0 radical (unpaired) electrons. The second-order valence-corrected chi connectivity index (χ2v) is 9.76. The number of aromatic nitrogens is 3. The zero-order valence-electron chi connectivity index (χ0n) is 21.0. The molecule has 0 saturated carbocycles. The van der Waals surface area contributed by atoms with E-state index in [2.05, 4.69) is 19.8 Å². The predicted molar refractivity (Wildman–Crippen MR) is 131 cm³/mol. The fourth-order valence-electron chi connectivity index (χ4n) is 3.02. The predicted octanol–water partition coefficient (Wildman–Crippen LogP) is 2.60. The van der Waals surface area contributed by atoms with Gasteiger partial charge in [0.1, 0.15) is 24.7 Å². The van der Waals surface area contributed by atoms with Gasteiger partial charge in [-0.2, -0.15) is 10.9 Å². The molecule has 0 aliphatic heterocycles. The second-order valence-electron chi connectivity index (χ2n) is 7.95. The smallest absolute Gasteiger partial charge is 0.394 e. The van der Waals surface area contributed by atoms with Crippen LogP contribution < -0.4 is 20.1 Å². The molecule has 0 aliphatic carbocycles. The first kappa shape index (κ1) is 28.3. The first-order valence-electron chi connectivity index (χ1n) is 11.2. The Morgan fingerprint density at radius 3 is 2.39 bits per heavy atom. The highest BCUT2D eigenvalue weighted by atomic mass is 32.2. The van der Waals surface area contributed by atoms with E-state index in [1.165, 1.54) is 38.4 Å². The number of benzene rings is 1. The number of esters is 1. The van der Waals surface area contributed by atoms with Crippen molar-refractivity contribution in [3.8, 4) is 23.1 Å². The summed E-state index contributed by atoms with van der Waals surface area (Å²) in [6.45, 7) is 4.61. The van der Waals surface area contributed by atoms with Gasteiger partial charge in [0.25, 0.3) is 5.88 Å². The van der Waals surface area contributed by atoms with Crippen molar-refractivity contribution in [3.05, 3.63) is 54.0 Å². The largest absolute Gasteiger partial charge is 0.497 e. The minimum Gasteiger partial charge on any atom is -0.497 e. The lowest BCUT2D eigenvalue weighted by atomic mass is 10.1. The summed E-state index contributed by atoms with van der Waals surface area (Å²) in [4.78, 5) is 39.4. The Balaban J connectivity index is 2.20. The van der Waals surface area contributed by atoms with Gasteiger partial charge in [0, 0.05) is 19.2 Å². The molecule has 202 valence electrons. The molecule has 1 aromatic carbocycles. The lowest BCUT2D eigenvalue weighted by molar-refractivity contribution is -0.141. The Kier molecular flexibility index (Phi) is 9.15. The molecule has 0 amide bonds. The van der Waals surface area contributed by atoms with Crippen LogP contribution in [-0.2, 0) is 24.2 Å². The molecule has 0 spiro atoms. The zero-order valence-corrected chi connectivity index (χ0v) is 21.9. The lowest BCUT2D eigenvalue weighted by Crippen LogP contribution is -2.19. The van der Waals surface area contributed by atoms with E-state index in [0.717, 1.165) is 5.56 Å². The van der Waals surface area contributed by atoms with Crippen LogP contribution in [0.25, 0.3) is 0 Å². The van der Waals surface area contributed by atoms with E-state index in [1.807, 2.05) is 13.8 Å². The van der Waals surface area contributed by atoms with Crippen LogP contribution in [-0.4, -0.2) is 55.6 Å². The fraction of sp³-hybridized carbons (Fsp3) is 0.292.